The highest BCUT2D eigenvalue weighted by Gasteiger charge is 2.24. The molecule has 1 heterocycles. The van der Waals surface area contributed by atoms with Gasteiger partial charge < -0.3 is 25.0 Å². The number of amidine groups is 1. The van der Waals surface area contributed by atoms with E-state index in [9.17, 15) is 14.7 Å². The minimum Gasteiger partial charge on any atom is -0.508 e. The topological polar surface area (TPSA) is 117 Å². The van der Waals surface area contributed by atoms with Crippen molar-refractivity contribution in [2.45, 2.75) is 13.3 Å². The molecule has 0 bridgehead atoms. The van der Waals surface area contributed by atoms with Crippen molar-refractivity contribution >= 4 is 40.6 Å². The number of carbonyl (C=O) groups is 2. The first-order valence-corrected chi connectivity index (χ1v) is 9.96. The molecular weight excluding hydrogens is 408 g/mol. The number of carboxylic acids is 1. The molecule has 2 aromatic rings. The van der Waals surface area contributed by atoms with Gasteiger partial charge in [-0.2, -0.15) is 0 Å². The lowest BCUT2D eigenvalue weighted by molar-refractivity contribution is -0.137. The van der Waals surface area contributed by atoms with E-state index in [0.29, 0.717) is 33.9 Å². The number of thioether (sulfide) groups is 1. The minimum absolute atomic E-state index is 0.0307. The molecule has 0 unspecified atom stereocenters. The Labute approximate surface area is 177 Å². The van der Waals surface area contributed by atoms with Gasteiger partial charge in [-0.25, -0.2) is 4.99 Å². The molecule has 0 radical (unpaired) electrons. The Kier molecular flexibility index (Phi) is 6.97. The van der Waals surface area contributed by atoms with E-state index in [4.69, 9.17) is 14.6 Å². The van der Waals surface area contributed by atoms with Crippen molar-refractivity contribution in [1.82, 2.24) is 5.32 Å². The zero-order chi connectivity index (χ0) is 21.5. The number of phenolic OH excluding ortho intramolecular Hbond substituents is 1. The summed E-state index contributed by atoms with van der Waals surface area (Å²) in [4.78, 5) is 27.7. The van der Waals surface area contributed by atoms with Crippen molar-refractivity contribution in [2.24, 2.45) is 4.99 Å². The summed E-state index contributed by atoms with van der Waals surface area (Å²) in [6, 6.07) is 11.6. The number of benzene rings is 2. The zero-order valence-electron chi connectivity index (χ0n) is 16.1. The fraction of sp³-hybridized carbons (Fsp3) is 0.190. The number of hydrogen-bond acceptors (Lipinski definition) is 7. The minimum atomic E-state index is -0.943. The monoisotopic (exact) mass is 428 g/mol. The Balaban J connectivity index is 1.77. The smallest absolute Gasteiger partial charge is 0.306 e. The van der Waals surface area contributed by atoms with Gasteiger partial charge in [-0.05, 0) is 54.6 Å². The summed E-state index contributed by atoms with van der Waals surface area (Å²) in [6.07, 6.45) is 1.59. The molecule has 0 aliphatic carbocycles. The molecule has 3 rings (SSSR count). The van der Waals surface area contributed by atoms with Crippen LogP contribution < -0.4 is 14.8 Å². The number of carboxylic acid groups (broad SMARTS) is 1. The number of aliphatic imine (C=N–C) groups is 1. The van der Waals surface area contributed by atoms with Crippen LogP contribution in [0.15, 0.2) is 52.4 Å². The molecule has 9 heteroatoms. The van der Waals surface area contributed by atoms with Crippen molar-refractivity contribution < 1.29 is 29.3 Å². The summed E-state index contributed by atoms with van der Waals surface area (Å²) < 4.78 is 11.1. The van der Waals surface area contributed by atoms with E-state index >= 15 is 0 Å². The molecule has 3 N–H and O–H groups in total. The van der Waals surface area contributed by atoms with Crippen molar-refractivity contribution in [1.29, 1.82) is 0 Å². The van der Waals surface area contributed by atoms with Crippen LogP contribution in [0.2, 0.25) is 0 Å². The molecule has 0 spiro atoms. The average molecular weight is 428 g/mol. The molecule has 1 aliphatic heterocycles. The van der Waals surface area contributed by atoms with Crippen LogP contribution in [0.3, 0.4) is 0 Å². The molecule has 0 atom stereocenters. The van der Waals surface area contributed by atoms with Gasteiger partial charge in [0.15, 0.2) is 16.7 Å². The number of nitrogens with one attached hydrogen (secondary N) is 1. The van der Waals surface area contributed by atoms with Crippen LogP contribution >= 0.6 is 11.8 Å². The van der Waals surface area contributed by atoms with E-state index in [1.54, 1.807) is 42.5 Å². The van der Waals surface area contributed by atoms with Crippen LogP contribution in [0.1, 0.15) is 18.9 Å². The van der Waals surface area contributed by atoms with Gasteiger partial charge in [0.2, 0.25) is 0 Å². The van der Waals surface area contributed by atoms with Gasteiger partial charge in [-0.15, -0.1) is 0 Å². The van der Waals surface area contributed by atoms with E-state index in [1.165, 1.54) is 17.8 Å². The van der Waals surface area contributed by atoms with Crippen molar-refractivity contribution in [3.8, 4) is 17.2 Å². The molecule has 0 aromatic heterocycles. The second kappa shape index (κ2) is 9.84. The Bertz CT molecular complexity index is 1020. The van der Waals surface area contributed by atoms with Crippen LogP contribution in [-0.2, 0) is 9.59 Å². The second-order valence-corrected chi connectivity index (χ2v) is 7.16. The molecule has 1 amide bonds. The largest absolute Gasteiger partial charge is 0.508 e. The van der Waals surface area contributed by atoms with Crippen molar-refractivity contribution in [2.75, 3.05) is 13.2 Å². The van der Waals surface area contributed by atoms with Gasteiger partial charge >= 0.3 is 5.97 Å². The maximum atomic E-state index is 12.3. The predicted molar refractivity (Wildman–Crippen MR) is 114 cm³/mol. The number of carbonyl (C=O) groups excluding carboxylic acids is 1. The first-order chi connectivity index (χ1) is 14.4. The van der Waals surface area contributed by atoms with Gasteiger partial charge in [0.1, 0.15) is 5.75 Å². The molecule has 1 aliphatic rings. The molecular formula is C21H20N2O6S. The van der Waals surface area contributed by atoms with Crippen LogP contribution in [0.4, 0.5) is 5.69 Å². The van der Waals surface area contributed by atoms with Gasteiger partial charge in [-0.3, -0.25) is 9.59 Å². The summed E-state index contributed by atoms with van der Waals surface area (Å²) in [6.45, 7) is 2.27. The first-order valence-electron chi connectivity index (χ1n) is 9.14. The summed E-state index contributed by atoms with van der Waals surface area (Å²) in [5, 5.41) is 21.4. The molecule has 1 saturated heterocycles. The lowest BCUT2D eigenvalue weighted by Crippen LogP contribution is -2.19. The fourth-order valence-electron chi connectivity index (χ4n) is 2.56. The second-order valence-electron chi connectivity index (χ2n) is 6.13. The first kappa shape index (κ1) is 21.3. The van der Waals surface area contributed by atoms with E-state index < -0.39 is 5.97 Å². The molecule has 1 fully saturated rings. The summed E-state index contributed by atoms with van der Waals surface area (Å²) in [5.41, 5.74) is 1.25. The van der Waals surface area contributed by atoms with Crippen molar-refractivity contribution in [3.05, 3.63) is 52.9 Å². The number of amides is 1. The van der Waals surface area contributed by atoms with E-state index in [1.807, 2.05) is 6.92 Å². The summed E-state index contributed by atoms with van der Waals surface area (Å²) in [7, 11) is 0. The highest BCUT2D eigenvalue weighted by atomic mass is 32.2. The molecule has 8 nitrogen and oxygen atoms in total. The van der Waals surface area contributed by atoms with Crippen LogP contribution in [0.5, 0.6) is 17.2 Å². The van der Waals surface area contributed by atoms with Gasteiger partial charge in [0.05, 0.1) is 30.2 Å². The lowest BCUT2D eigenvalue weighted by Gasteiger charge is -2.12. The van der Waals surface area contributed by atoms with E-state index in [-0.39, 0.29) is 24.7 Å². The SMILES string of the molecule is CCOc1cc(/C=C2/SC(=Nc3cccc(O)c3)NC2=O)ccc1OCCC(=O)O. The normalized spacial score (nSPS) is 16.0. The molecule has 2 aromatic carbocycles. The van der Waals surface area contributed by atoms with Gasteiger partial charge in [-0.1, -0.05) is 12.1 Å². The number of ether oxygens (including phenoxy) is 2. The van der Waals surface area contributed by atoms with E-state index in [0.717, 1.165) is 5.56 Å². The Morgan fingerprint density at radius 2 is 2.03 bits per heavy atom. The maximum Gasteiger partial charge on any atom is 0.306 e. The maximum absolute atomic E-state index is 12.3. The number of phenols is 1. The molecule has 0 saturated carbocycles. The number of aromatic hydroxyl groups is 1. The Morgan fingerprint density at radius 1 is 1.20 bits per heavy atom. The Morgan fingerprint density at radius 3 is 2.77 bits per heavy atom. The summed E-state index contributed by atoms with van der Waals surface area (Å²) in [5.74, 6) is -0.222. The number of aliphatic carboxylic acids is 1. The zero-order valence-corrected chi connectivity index (χ0v) is 16.9. The van der Waals surface area contributed by atoms with Gasteiger partial charge in [0.25, 0.3) is 5.91 Å². The standard InChI is InChI=1S/C21H20N2O6S/c1-2-28-17-10-13(6-7-16(17)29-9-8-19(25)26)11-18-20(27)23-21(30-18)22-14-4-3-5-15(24)12-14/h3-7,10-12,24H,2,8-9H2,1H3,(H,25,26)(H,22,23,27)/b18-11+. The van der Waals surface area contributed by atoms with Gasteiger partial charge in [0, 0.05) is 6.07 Å². The third kappa shape index (κ3) is 5.77. The third-order valence-electron chi connectivity index (χ3n) is 3.85. The van der Waals surface area contributed by atoms with Crippen LogP contribution in [-0.4, -0.2) is 40.5 Å². The van der Waals surface area contributed by atoms with Crippen LogP contribution in [0.25, 0.3) is 6.08 Å². The van der Waals surface area contributed by atoms with Crippen LogP contribution in [0, 0.1) is 0 Å². The Hall–Kier alpha value is -3.46. The highest BCUT2D eigenvalue weighted by molar-refractivity contribution is 8.18. The number of nitrogens with zero attached hydrogens (tertiary/aromatic N) is 1. The van der Waals surface area contributed by atoms with Crippen molar-refractivity contribution in [3.63, 3.8) is 0 Å². The number of hydrogen-bond donors (Lipinski definition) is 3. The summed E-state index contributed by atoms with van der Waals surface area (Å²) >= 11 is 1.19. The van der Waals surface area contributed by atoms with E-state index in [2.05, 4.69) is 10.3 Å². The quantitative estimate of drug-likeness (QED) is 0.551. The lowest BCUT2D eigenvalue weighted by atomic mass is 10.2. The average Bonchev–Trinajstić information content (AvgIpc) is 3.02. The highest BCUT2D eigenvalue weighted by Crippen LogP contribution is 2.32. The molecule has 30 heavy (non-hydrogen) atoms. The molecule has 156 valence electrons. The predicted octanol–water partition coefficient (Wildman–Crippen LogP) is 3.54. The third-order valence-corrected chi connectivity index (χ3v) is 4.76. The fourth-order valence-corrected chi connectivity index (χ4v) is 3.40. The number of rotatable bonds is 8.